The van der Waals surface area contributed by atoms with Crippen LogP contribution in [0.4, 0.5) is 0 Å². The summed E-state index contributed by atoms with van der Waals surface area (Å²) in [7, 11) is 0. The maximum Gasteiger partial charge on any atom is 0.311 e. The van der Waals surface area contributed by atoms with Crippen molar-refractivity contribution in [1.82, 2.24) is 4.40 Å². The Hall–Kier alpha value is -2.30. The van der Waals surface area contributed by atoms with E-state index < -0.39 is 0 Å². The Morgan fingerprint density at radius 1 is 1.42 bits per heavy atom. The molecule has 0 aliphatic rings. The quantitative estimate of drug-likeness (QED) is 0.830. The molecule has 0 amide bonds. The van der Waals surface area contributed by atoms with Crippen molar-refractivity contribution in [3.05, 3.63) is 45.5 Å². The van der Waals surface area contributed by atoms with Gasteiger partial charge in [0.25, 0.3) is 0 Å². The Kier molecular flexibility index (Phi) is 3.55. The van der Waals surface area contributed by atoms with Gasteiger partial charge in [0.2, 0.25) is 0 Å². The predicted octanol–water partition coefficient (Wildman–Crippen LogP) is 0.810. The van der Waals surface area contributed by atoms with Gasteiger partial charge in [0.1, 0.15) is 0 Å². The van der Waals surface area contributed by atoms with Crippen molar-refractivity contribution in [1.29, 1.82) is 0 Å². The van der Waals surface area contributed by atoms with E-state index in [0.29, 0.717) is 23.0 Å². The molecule has 0 atom stereocenters. The number of hydrogen-bond donors (Lipinski definition) is 1. The van der Waals surface area contributed by atoms with E-state index in [-0.39, 0.29) is 23.6 Å². The number of ether oxygens (including phenoxy) is 1. The predicted molar refractivity (Wildman–Crippen MR) is 70.9 cm³/mol. The topological polar surface area (TPSA) is 68.0 Å². The Bertz CT molecular complexity index is 726. The molecule has 19 heavy (non-hydrogen) atoms. The molecule has 1 N–H and O–H groups in total. The molecule has 2 aromatic rings. The Morgan fingerprint density at radius 2 is 2.16 bits per heavy atom. The van der Waals surface area contributed by atoms with E-state index in [9.17, 15) is 14.7 Å². The smallest absolute Gasteiger partial charge is 0.311 e. The number of aliphatic hydroxyl groups excluding tert-OH is 1. The van der Waals surface area contributed by atoms with Gasteiger partial charge in [-0.1, -0.05) is 0 Å². The molecule has 0 saturated carbocycles. The largest absolute Gasteiger partial charge is 0.512 e. The van der Waals surface area contributed by atoms with Crippen LogP contribution in [0.1, 0.15) is 19.5 Å². The molecule has 0 saturated heterocycles. The average molecular weight is 261 g/mol. The molecule has 0 spiro atoms. The molecule has 5 nitrogen and oxygen atoms in total. The highest BCUT2D eigenvalue weighted by atomic mass is 16.5. The second kappa shape index (κ2) is 5.14. The van der Waals surface area contributed by atoms with Crippen LogP contribution in [0.3, 0.4) is 0 Å². The van der Waals surface area contributed by atoms with Gasteiger partial charge in [0.15, 0.2) is 5.43 Å². The molecule has 2 aromatic heterocycles. The van der Waals surface area contributed by atoms with Crippen molar-refractivity contribution in [2.24, 2.45) is 0 Å². The fraction of sp³-hybridized carbons (Fsp3) is 0.286. The number of hydrogen-bond acceptors (Lipinski definition) is 4. The molecule has 100 valence electrons. The van der Waals surface area contributed by atoms with Gasteiger partial charge in [-0.05, 0) is 19.9 Å². The summed E-state index contributed by atoms with van der Waals surface area (Å²) in [6, 6.07) is 4.54. The number of carbonyl (C=O) groups excluding carboxylic acids is 1. The van der Waals surface area contributed by atoms with E-state index in [1.54, 1.807) is 30.5 Å². The molecule has 0 aliphatic heterocycles. The van der Waals surface area contributed by atoms with Crippen molar-refractivity contribution < 1.29 is 14.6 Å². The highest BCUT2D eigenvalue weighted by Crippen LogP contribution is 2.06. The van der Waals surface area contributed by atoms with Crippen LogP contribution in [-0.4, -0.2) is 22.1 Å². The van der Waals surface area contributed by atoms with Crippen LogP contribution in [0.25, 0.3) is 11.3 Å². The SMILES string of the molecule is CCOC(=O)Cc1cc(=C(C)O)c2cc(=O)ccn12. The number of fused-ring (bicyclic) bond motifs is 1. The summed E-state index contributed by atoms with van der Waals surface area (Å²) in [6.45, 7) is 3.61. The van der Waals surface area contributed by atoms with E-state index in [0.717, 1.165) is 0 Å². The molecule has 0 unspecified atom stereocenters. The van der Waals surface area contributed by atoms with E-state index in [1.165, 1.54) is 12.1 Å². The van der Waals surface area contributed by atoms with Crippen LogP contribution in [0.2, 0.25) is 0 Å². The first-order valence-corrected chi connectivity index (χ1v) is 6.02. The van der Waals surface area contributed by atoms with Crippen LogP contribution < -0.4 is 10.6 Å². The Balaban J connectivity index is 2.61. The summed E-state index contributed by atoms with van der Waals surface area (Å²) in [6.07, 6.45) is 1.69. The van der Waals surface area contributed by atoms with Crippen LogP contribution in [-0.2, 0) is 16.0 Å². The fourth-order valence-corrected chi connectivity index (χ4v) is 2.03. The lowest BCUT2D eigenvalue weighted by atomic mass is 10.3. The molecule has 5 heteroatoms. The standard InChI is InChI=1S/C14H15NO4/c1-3-19-14(18)7-10-6-12(9(2)16)13-8-11(17)4-5-15(10)13/h4-6,8,16H,3,7H2,1-2H3. The number of carbonyl (C=O) groups is 1. The van der Waals surface area contributed by atoms with Gasteiger partial charge in [0, 0.05) is 29.2 Å². The van der Waals surface area contributed by atoms with Crippen molar-refractivity contribution in [3.8, 4) is 0 Å². The second-order valence-corrected chi connectivity index (χ2v) is 4.23. The zero-order valence-electron chi connectivity index (χ0n) is 10.8. The number of aromatic nitrogens is 1. The number of nitrogens with zero attached hydrogens (tertiary/aromatic N) is 1. The summed E-state index contributed by atoms with van der Waals surface area (Å²) >= 11 is 0. The second-order valence-electron chi connectivity index (χ2n) is 4.23. The molecular weight excluding hydrogens is 246 g/mol. The third-order valence-corrected chi connectivity index (χ3v) is 2.84. The molecule has 2 heterocycles. The minimum Gasteiger partial charge on any atom is -0.512 e. The van der Waals surface area contributed by atoms with Crippen molar-refractivity contribution in [2.75, 3.05) is 6.61 Å². The van der Waals surface area contributed by atoms with Gasteiger partial charge in [0.05, 0.1) is 24.3 Å². The van der Waals surface area contributed by atoms with E-state index >= 15 is 0 Å². The van der Waals surface area contributed by atoms with Gasteiger partial charge in [-0.3, -0.25) is 9.59 Å². The molecule has 0 fully saturated rings. The van der Waals surface area contributed by atoms with Crippen LogP contribution >= 0.6 is 0 Å². The monoisotopic (exact) mass is 261 g/mol. The first kappa shape index (κ1) is 13.1. The van der Waals surface area contributed by atoms with Crippen LogP contribution in [0.15, 0.2) is 29.2 Å². The zero-order valence-corrected chi connectivity index (χ0v) is 10.8. The molecule has 0 aromatic carbocycles. The van der Waals surface area contributed by atoms with Gasteiger partial charge >= 0.3 is 5.97 Å². The average Bonchev–Trinajstić information content (AvgIpc) is 2.67. The van der Waals surface area contributed by atoms with Crippen molar-refractivity contribution in [2.45, 2.75) is 20.3 Å². The third-order valence-electron chi connectivity index (χ3n) is 2.84. The summed E-state index contributed by atoms with van der Waals surface area (Å²) < 4.78 is 6.62. The van der Waals surface area contributed by atoms with Crippen LogP contribution in [0, 0.1) is 0 Å². The third kappa shape index (κ3) is 2.59. The summed E-state index contributed by atoms with van der Waals surface area (Å²) in [5, 5.41) is 10.2. The van der Waals surface area contributed by atoms with Gasteiger partial charge in [-0.2, -0.15) is 0 Å². The van der Waals surface area contributed by atoms with E-state index in [2.05, 4.69) is 0 Å². The number of pyridine rings is 1. The summed E-state index contributed by atoms with van der Waals surface area (Å²) in [4.78, 5) is 22.9. The summed E-state index contributed by atoms with van der Waals surface area (Å²) in [5.74, 6) is -0.228. The Morgan fingerprint density at radius 3 is 2.79 bits per heavy atom. The number of esters is 1. The Labute approximate surface area is 109 Å². The van der Waals surface area contributed by atoms with E-state index in [4.69, 9.17) is 4.74 Å². The minimum atomic E-state index is -0.338. The lowest BCUT2D eigenvalue weighted by Gasteiger charge is -2.02. The van der Waals surface area contributed by atoms with Gasteiger partial charge in [-0.25, -0.2) is 0 Å². The molecule has 0 radical (unpaired) electrons. The normalized spacial score (nSPS) is 12.5. The first-order valence-electron chi connectivity index (χ1n) is 6.02. The van der Waals surface area contributed by atoms with E-state index in [1.807, 2.05) is 0 Å². The molecular formula is C14H15NO4. The van der Waals surface area contributed by atoms with Gasteiger partial charge < -0.3 is 14.2 Å². The minimum absolute atomic E-state index is 0.0977. The summed E-state index contributed by atoms with van der Waals surface area (Å²) in [5.41, 5.74) is 1.12. The lowest BCUT2D eigenvalue weighted by Crippen LogP contribution is -2.09. The van der Waals surface area contributed by atoms with Crippen LogP contribution in [0.5, 0.6) is 0 Å². The maximum absolute atomic E-state index is 11.5. The highest BCUT2D eigenvalue weighted by Gasteiger charge is 2.11. The number of aliphatic hydroxyl groups is 1. The molecule has 0 aliphatic carbocycles. The first-order chi connectivity index (χ1) is 9.02. The zero-order chi connectivity index (χ0) is 14.0. The van der Waals surface area contributed by atoms with Gasteiger partial charge in [-0.15, -0.1) is 0 Å². The lowest BCUT2D eigenvalue weighted by molar-refractivity contribution is -0.142. The highest BCUT2D eigenvalue weighted by molar-refractivity contribution is 5.73. The molecule has 0 bridgehead atoms. The van der Waals surface area contributed by atoms with Crippen molar-refractivity contribution >= 4 is 17.2 Å². The maximum atomic E-state index is 11.5. The fourth-order valence-electron chi connectivity index (χ4n) is 2.03. The van der Waals surface area contributed by atoms with Crippen molar-refractivity contribution in [3.63, 3.8) is 0 Å². The number of rotatable bonds is 3. The molecule has 2 rings (SSSR count).